The van der Waals surface area contributed by atoms with E-state index in [0.717, 1.165) is 24.0 Å². The molecule has 2 N–H and O–H groups in total. The summed E-state index contributed by atoms with van der Waals surface area (Å²) < 4.78 is 0. The molecule has 1 saturated carbocycles. The molecule has 4 nitrogen and oxygen atoms in total. The summed E-state index contributed by atoms with van der Waals surface area (Å²) in [7, 11) is 0. The van der Waals surface area contributed by atoms with Crippen molar-refractivity contribution in [2.45, 2.75) is 24.9 Å². The van der Waals surface area contributed by atoms with Crippen molar-refractivity contribution in [3.63, 3.8) is 0 Å². The second-order valence-electron chi connectivity index (χ2n) is 7.06. The van der Waals surface area contributed by atoms with Crippen molar-refractivity contribution in [2.75, 3.05) is 0 Å². The molecule has 4 rings (SSSR count). The second kappa shape index (κ2) is 7.52. The van der Waals surface area contributed by atoms with Gasteiger partial charge in [-0.05, 0) is 34.7 Å². The van der Waals surface area contributed by atoms with E-state index >= 15 is 0 Å². The Balaban J connectivity index is 1.60. The molecule has 3 aromatic rings. The van der Waals surface area contributed by atoms with Crippen molar-refractivity contribution < 1.29 is 9.59 Å². The van der Waals surface area contributed by atoms with Crippen LogP contribution in [0.3, 0.4) is 0 Å². The predicted octanol–water partition coefficient (Wildman–Crippen LogP) is 3.61. The summed E-state index contributed by atoms with van der Waals surface area (Å²) >= 11 is 5.73. The average molecular weight is 388 g/mol. The van der Waals surface area contributed by atoms with Crippen LogP contribution in [0.2, 0.25) is 0 Å². The number of nitrogens with one attached hydrogen (secondary N) is 2. The number of benzene rings is 3. The fourth-order valence-electron chi connectivity index (χ4n) is 3.63. The number of aldehydes is 1. The standard InChI is InChI=1S/C23H20N2O2S/c26-15-21(27)24-14-17-7-2-4-10-19(17)22(28)25-23(12-13-23)20-11-5-8-16-6-1-3-9-18(16)20/h1-11,15H,12-14H2,(H,24,27)(H,25,28). The highest BCUT2D eigenvalue weighted by atomic mass is 32.1. The molecule has 5 heteroatoms. The van der Waals surface area contributed by atoms with Crippen LogP contribution >= 0.6 is 12.2 Å². The minimum absolute atomic E-state index is 0.156. The molecule has 3 aromatic carbocycles. The Hall–Kier alpha value is -3.05. The first kappa shape index (κ1) is 18.3. The number of rotatable bonds is 6. The molecular formula is C23H20N2O2S. The molecule has 1 aliphatic rings. The summed E-state index contributed by atoms with van der Waals surface area (Å²) in [6.07, 6.45) is 2.31. The lowest BCUT2D eigenvalue weighted by Gasteiger charge is -2.23. The number of carbonyl (C=O) groups is 2. The van der Waals surface area contributed by atoms with Gasteiger partial charge in [0, 0.05) is 12.1 Å². The van der Waals surface area contributed by atoms with Gasteiger partial charge in [-0.25, -0.2) is 0 Å². The first-order valence-electron chi connectivity index (χ1n) is 9.25. The number of thiocarbonyl (C=S) groups is 1. The van der Waals surface area contributed by atoms with Gasteiger partial charge >= 0.3 is 0 Å². The van der Waals surface area contributed by atoms with Crippen LogP contribution in [0.5, 0.6) is 0 Å². The SMILES string of the molecule is O=CC(=O)NCc1ccccc1C(=S)NC1(c2cccc3ccccc23)CC1. The Morgan fingerprint density at radius 3 is 2.50 bits per heavy atom. The van der Waals surface area contributed by atoms with Gasteiger partial charge in [0.2, 0.25) is 6.29 Å². The molecule has 1 fully saturated rings. The third-order valence-electron chi connectivity index (χ3n) is 5.23. The van der Waals surface area contributed by atoms with Gasteiger partial charge in [-0.3, -0.25) is 9.59 Å². The lowest BCUT2D eigenvalue weighted by atomic mass is 9.96. The van der Waals surface area contributed by atoms with Crippen LogP contribution in [-0.4, -0.2) is 17.2 Å². The van der Waals surface area contributed by atoms with Gasteiger partial charge in [-0.2, -0.15) is 0 Å². The number of hydrogen-bond acceptors (Lipinski definition) is 3. The topological polar surface area (TPSA) is 58.2 Å². The van der Waals surface area contributed by atoms with Gasteiger partial charge in [0.1, 0.15) is 4.99 Å². The summed E-state index contributed by atoms with van der Waals surface area (Å²) in [5.74, 6) is -0.636. The van der Waals surface area contributed by atoms with Crippen molar-refractivity contribution >= 4 is 40.2 Å². The lowest BCUT2D eigenvalue weighted by molar-refractivity contribution is -0.131. The van der Waals surface area contributed by atoms with Crippen molar-refractivity contribution in [1.82, 2.24) is 10.6 Å². The van der Waals surface area contributed by atoms with Crippen molar-refractivity contribution in [2.24, 2.45) is 0 Å². The van der Waals surface area contributed by atoms with E-state index in [1.165, 1.54) is 16.3 Å². The van der Waals surface area contributed by atoms with Gasteiger partial charge in [-0.1, -0.05) is 78.9 Å². The highest BCUT2D eigenvalue weighted by Crippen LogP contribution is 2.48. The number of fused-ring (bicyclic) bond motifs is 1. The minimum atomic E-state index is -0.636. The summed E-state index contributed by atoms with van der Waals surface area (Å²) in [6.45, 7) is 0.261. The Bertz CT molecular complexity index is 1070. The molecule has 0 spiro atoms. The Kier molecular flexibility index (Phi) is 4.92. The van der Waals surface area contributed by atoms with Crippen LogP contribution in [0, 0.1) is 0 Å². The number of amides is 1. The van der Waals surface area contributed by atoms with Crippen molar-refractivity contribution in [3.8, 4) is 0 Å². The van der Waals surface area contributed by atoms with E-state index in [0.29, 0.717) is 4.99 Å². The molecule has 0 aliphatic heterocycles. The zero-order valence-corrected chi connectivity index (χ0v) is 16.1. The minimum Gasteiger partial charge on any atom is -0.366 e. The second-order valence-corrected chi connectivity index (χ2v) is 7.46. The van der Waals surface area contributed by atoms with Crippen molar-refractivity contribution in [3.05, 3.63) is 83.4 Å². The van der Waals surface area contributed by atoms with Gasteiger partial charge in [0.15, 0.2) is 0 Å². The highest BCUT2D eigenvalue weighted by Gasteiger charge is 2.45. The molecule has 0 unspecified atom stereocenters. The van der Waals surface area contributed by atoms with Crippen molar-refractivity contribution in [1.29, 1.82) is 0 Å². The predicted molar refractivity (Wildman–Crippen MR) is 114 cm³/mol. The third kappa shape index (κ3) is 3.53. The normalized spacial score (nSPS) is 14.3. The zero-order chi connectivity index (χ0) is 19.6. The molecular weight excluding hydrogens is 368 g/mol. The van der Waals surface area contributed by atoms with Crippen LogP contribution < -0.4 is 10.6 Å². The Labute approximate surface area is 169 Å². The molecule has 0 heterocycles. The maximum Gasteiger partial charge on any atom is 0.284 e. The van der Waals surface area contributed by atoms with Crippen LogP contribution in [0.25, 0.3) is 10.8 Å². The van der Waals surface area contributed by atoms with E-state index in [1.54, 1.807) is 0 Å². The lowest BCUT2D eigenvalue weighted by Crippen LogP contribution is -2.35. The Morgan fingerprint density at radius 1 is 1.00 bits per heavy atom. The maximum atomic E-state index is 11.3. The third-order valence-corrected chi connectivity index (χ3v) is 5.55. The van der Waals surface area contributed by atoms with Crippen LogP contribution in [0.4, 0.5) is 0 Å². The van der Waals surface area contributed by atoms with E-state index in [1.807, 2.05) is 30.3 Å². The smallest absolute Gasteiger partial charge is 0.284 e. The summed E-state index contributed by atoms with van der Waals surface area (Å²) in [6, 6.07) is 22.4. The first-order valence-corrected chi connectivity index (χ1v) is 9.65. The fourth-order valence-corrected chi connectivity index (χ4v) is 4.03. The van der Waals surface area contributed by atoms with Gasteiger partial charge in [0.25, 0.3) is 5.91 Å². The van der Waals surface area contributed by atoms with E-state index in [2.05, 4.69) is 47.0 Å². The van der Waals surface area contributed by atoms with Crippen LogP contribution in [0.15, 0.2) is 66.7 Å². The van der Waals surface area contributed by atoms with Gasteiger partial charge in [0.05, 0.1) is 5.54 Å². The van der Waals surface area contributed by atoms with E-state index < -0.39 is 5.91 Å². The van der Waals surface area contributed by atoms with Gasteiger partial charge in [-0.15, -0.1) is 0 Å². The number of carbonyl (C=O) groups excluding carboxylic acids is 2. The molecule has 1 aliphatic carbocycles. The molecule has 0 aromatic heterocycles. The first-order chi connectivity index (χ1) is 13.6. The van der Waals surface area contributed by atoms with E-state index in [4.69, 9.17) is 12.2 Å². The van der Waals surface area contributed by atoms with Crippen LogP contribution in [-0.2, 0) is 21.7 Å². The molecule has 0 atom stereocenters. The molecule has 140 valence electrons. The fraction of sp³-hybridized carbons (Fsp3) is 0.174. The van der Waals surface area contributed by atoms with E-state index in [9.17, 15) is 9.59 Å². The molecule has 0 bridgehead atoms. The largest absolute Gasteiger partial charge is 0.366 e. The summed E-state index contributed by atoms with van der Waals surface area (Å²) in [5, 5.41) is 8.63. The highest BCUT2D eigenvalue weighted by molar-refractivity contribution is 7.80. The molecule has 1 amide bonds. The summed E-state index contributed by atoms with van der Waals surface area (Å²) in [4.78, 5) is 22.5. The van der Waals surface area contributed by atoms with Crippen LogP contribution in [0.1, 0.15) is 29.5 Å². The quantitative estimate of drug-likeness (QED) is 0.385. The Morgan fingerprint density at radius 2 is 1.71 bits per heavy atom. The maximum absolute atomic E-state index is 11.3. The van der Waals surface area contributed by atoms with E-state index in [-0.39, 0.29) is 18.4 Å². The average Bonchev–Trinajstić information content (AvgIpc) is 3.52. The number of hydrogen-bond donors (Lipinski definition) is 2. The monoisotopic (exact) mass is 388 g/mol. The van der Waals surface area contributed by atoms with Gasteiger partial charge < -0.3 is 10.6 Å². The zero-order valence-electron chi connectivity index (χ0n) is 15.3. The summed E-state index contributed by atoms with van der Waals surface area (Å²) in [5.41, 5.74) is 2.86. The molecule has 0 saturated heterocycles. The molecule has 28 heavy (non-hydrogen) atoms. The molecule has 0 radical (unpaired) electrons.